The number of nitro groups is 2. The molecular formula is C80H107Cl2FN12O29. The van der Waals surface area contributed by atoms with Crippen molar-refractivity contribution in [1.82, 2.24) is 26.6 Å². The number of nitrogens with one attached hydrogen (secondary N) is 7. The Hall–Kier alpha value is -13.5. The number of ether oxygens (including phenoxy) is 10. The molecule has 0 aromatic heterocycles. The number of nitro benzene ring substituents is 2. The molecule has 682 valence electrons. The third-order valence-electron chi connectivity index (χ3n) is 14.4. The second-order valence-corrected chi connectivity index (χ2v) is 30.7. The van der Waals surface area contributed by atoms with E-state index in [1.54, 1.807) is 172 Å². The van der Waals surface area contributed by atoms with Gasteiger partial charge in [-0.15, -0.1) is 24.8 Å². The van der Waals surface area contributed by atoms with E-state index < -0.39 is 147 Å². The minimum absolute atomic E-state index is 0. The van der Waals surface area contributed by atoms with E-state index in [4.69, 9.17) is 79.3 Å². The number of carboxylic acids is 3. The van der Waals surface area contributed by atoms with Crippen LogP contribution in [-0.4, -0.2) is 207 Å². The van der Waals surface area contributed by atoms with Gasteiger partial charge in [-0.05, 0) is 165 Å². The maximum Gasteiger partial charge on any atom is 0.408 e. The summed E-state index contributed by atoms with van der Waals surface area (Å²) in [6, 6.07) is 32.7. The summed E-state index contributed by atoms with van der Waals surface area (Å²) in [5.74, 6) is -3.34. The number of carboxylic acid groups (broad SMARTS) is 3. The van der Waals surface area contributed by atoms with Crippen molar-refractivity contribution in [3.63, 3.8) is 0 Å². The Bertz CT molecular complexity index is 4480. The lowest BCUT2D eigenvalue weighted by molar-refractivity contribution is -0.387. The Balaban J connectivity index is 0.000000730. The summed E-state index contributed by atoms with van der Waals surface area (Å²) in [6.45, 7) is 24.4. The molecule has 8 amide bonds. The molecule has 0 aliphatic carbocycles. The summed E-state index contributed by atoms with van der Waals surface area (Å²) in [4.78, 5) is 147. The SMILES string of the molecule is CC(C)(C)OC(=O)N[C@@H](CO)C(=O)O.CC(C)(C)OC(=O)N[C@@H](COc1ccccc1N)C(=O)O.CC(C)(C)OC(=O)N[C@@H](COc1ccccc1[N+](=O)[O-])C(=O)O.CC(C)(C)OC(=O)N[C@H]1COc2ccccc2NC1=O.CC(C)(C)OC(=O)N[C@H]1COc2ccccc2NC1=O.CN1C(=O)[C@@H](N)COc2ccccc21.Cl.Cl.O=[N+]([O-])c1ccccc1F. The van der Waals surface area contributed by atoms with Gasteiger partial charge in [-0.3, -0.25) is 34.6 Å². The fourth-order valence-corrected chi connectivity index (χ4v) is 9.09. The number of aliphatic hydroxyl groups excluding tert-OH is 1. The van der Waals surface area contributed by atoms with Crippen LogP contribution in [0, 0.1) is 26.0 Å². The van der Waals surface area contributed by atoms with E-state index >= 15 is 0 Å². The Labute approximate surface area is 725 Å². The normalized spacial score (nSPS) is 14.8. The zero-order valence-corrected chi connectivity index (χ0v) is 72.4. The molecule has 9 rings (SSSR count). The van der Waals surface area contributed by atoms with Gasteiger partial charge in [-0.2, -0.15) is 4.39 Å². The average molecular weight is 1790 g/mol. The molecule has 3 aliphatic heterocycles. The second-order valence-electron chi connectivity index (χ2n) is 30.7. The lowest BCUT2D eigenvalue weighted by atomic mass is 10.2. The first-order valence-corrected chi connectivity index (χ1v) is 37.0. The number of fused-ring (bicyclic) bond motifs is 3. The van der Waals surface area contributed by atoms with Crippen LogP contribution in [-0.2, 0) is 52.5 Å². The third kappa shape index (κ3) is 42.2. The first kappa shape index (κ1) is 109. The number of hydrogen-bond donors (Lipinski definition) is 13. The third-order valence-corrected chi connectivity index (χ3v) is 14.4. The van der Waals surface area contributed by atoms with Crippen LogP contribution in [0.15, 0.2) is 146 Å². The zero-order chi connectivity index (χ0) is 92.2. The number of nitrogen functional groups attached to an aromatic ring is 1. The van der Waals surface area contributed by atoms with Crippen LogP contribution in [0.5, 0.6) is 28.7 Å². The predicted octanol–water partition coefficient (Wildman–Crippen LogP) is 10.3. The molecular weight excluding hydrogens is 1680 g/mol. The number of carbonyl (C=O) groups excluding carboxylic acids is 8. The Kier molecular flexibility index (Phi) is 44.4. The number of aliphatic carboxylic acids is 3. The number of amides is 8. The number of rotatable bonds is 17. The number of anilines is 4. The van der Waals surface area contributed by atoms with Gasteiger partial charge in [0.15, 0.2) is 23.9 Å². The molecule has 0 bridgehead atoms. The van der Waals surface area contributed by atoms with Crippen LogP contribution in [0.25, 0.3) is 0 Å². The number of halogens is 3. The number of nitrogens with two attached hydrogens (primary N) is 2. The molecule has 0 fully saturated rings. The minimum atomic E-state index is -1.41. The molecule has 6 atom stereocenters. The largest absolute Gasteiger partial charge is 0.489 e. The van der Waals surface area contributed by atoms with Gasteiger partial charge < -0.3 is 121 Å². The molecule has 44 heteroatoms. The number of likely N-dealkylation sites (N-methyl/N-ethyl adjacent to an activating group) is 1. The predicted molar refractivity (Wildman–Crippen MR) is 453 cm³/mol. The van der Waals surface area contributed by atoms with Gasteiger partial charge in [0, 0.05) is 19.2 Å². The molecule has 0 radical (unpaired) electrons. The lowest BCUT2D eigenvalue weighted by Crippen LogP contribution is -2.48. The van der Waals surface area contributed by atoms with E-state index in [2.05, 4.69) is 31.9 Å². The highest BCUT2D eigenvalue weighted by molar-refractivity contribution is 6.00. The summed E-state index contributed by atoms with van der Waals surface area (Å²) in [5.41, 5.74) is 9.45. The van der Waals surface area contributed by atoms with Gasteiger partial charge in [0.1, 0.15) is 102 Å². The van der Waals surface area contributed by atoms with E-state index in [0.29, 0.717) is 40.1 Å². The van der Waals surface area contributed by atoms with Gasteiger partial charge in [-0.1, -0.05) is 72.8 Å². The van der Waals surface area contributed by atoms with E-state index in [-0.39, 0.29) is 80.4 Å². The van der Waals surface area contributed by atoms with Crippen molar-refractivity contribution in [1.29, 1.82) is 0 Å². The summed E-state index contributed by atoms with van der Waals surface area (Å²) in [7, 11) is 1.70. The molecule has 0 saturated heterocycles. The fraction of sp³-hybridized carbons (Fsp3) is 0.412. The average Bonchev–Trinajstić information content (AvgIpc) is 1.70. The Morgan fingerprint density at radius 1 is 0.484 bits per heavy atom. The second kappa shape index (κ2) is 50.7. The smallest absolute Gasteiger partial charge is 0.408 e. The standard InChI is InChI=1S/C14H18N2O7.C14H20N2O5.2C14H18N2O4.C10H12N2O2.C8H15NO5.C6H4FNO2.2ClH/c1-14(2,3)23-13(19)15-9(12(17)18)8-22-11-7-5-4-6-10(11)16(20)21;1-14(2,3)21-13(19)16-10(12(17)18)8-20-11-7-5-4-6-9(11)15;2*1-14(2,3)20-13(18)16-10-8-19-11-7-5-4-6-9(11)15-12(10)17;1-12-8-4-2-3-5-9(8)14-6-7(11)10(12)13;1-8(2,3)14-7(13)9-5(4-10)6(11)12;7-5-3-1-2-4-6(5)8(9)10;;/h4-7,9H,8H2,1-3H3,(H,15,19)(H,17,18);4-7,10H,8,15H2,1-3H3,(H,16,19)(H,17,18);2*4-7,10H,8H2,1-3H3,(H,15,17)(H,16,18);2-5,7H,6,11H2,1H3;5,10H,4H2,1-3H3,(H,9,13)(H,11,12);1-4H;2*1H/t9-;3*10-;7-;5-;;;/m000000.../s1. The number of hydrogen-bond acceptors (Lipinski definition) is 28. The first-order valence-electron chi connectivity index (χ1n) is 37.0. The van der Waals surface area contributed by atoms with Crippen molar-refractivity contribution in [2.24, 2.45) is 5.73 Å². The van der Waals surface area contributed by atoms with Crippen molar-refractivity contribution < 1.29 is 135 Å². The highest BCUT2D eigenvalue weighted by Crippen LogP contribution is 2.32. The van der Waals surface area contributed by atoms with Crippen LogP contribution in [0.1, 0.15) is 104 Å². The van der Waals surface area contributed by atoms with E-state index in [1.165, 1.54) is 41.3 Å². The first-order chi connectivity index (χ1) is 56.7. The molecule has 0 unspecified atom stereocenters. The number of nitrogens with zero attached hydrogens (tertiary/aromatic N) is 3. The van der Waals surface area contributed by atoms with Crippen LogP contribution < -0.4 is 77.3 Å². The topological polar surface area (TPSA) is 587 Å². The summed E-state index contributed by atoms with van der Waals surface area (Å²) >= 11 is 0. The van der Waals surface area contributed by atoms with Gasteiger partial charge in [0.2, 0.25) is 11.7 Å². The number of benzene rings is 6. The molecule has 15 N–H and O–H groups in total. The molecule has 0 saturated carbocycles. The fourth-order valence-electron chi connectivity index (χ4n) is 9.09. The molecule has 41 nitrogen and oxygen atoms in total. The number of carbonyl (C=O) groups is 11. The summed E-state index contributed by atoms with van der Waals surface area (Å²) < 4.78 is 64.3. The number of para-hydroxylation sites is 11. The zero-order valence-electron chi connectivity index (χ0n) is 70.7. The van der Waals surface area contributed by atoms with Gasteiger partial charge >= 0.3 is 59.7 Å². The van der Waals surface area contributed by atoms with E-state index in [9.17, 15) is 77.4 Å². The van der Waals surface area contributed by atoms with Crippen molar-refractivity contribution in [2.45, 2.75) is 168 Å². The molecule has 124 heavy (non-hydrogen) atoms. The van der Waals surface area contributed by atoms with Crippen molar-refractivity contribution >= 4 is 125 Å². The van der Waals surface area contributed by atoms with Crippen LogP contribution in [0.3, 0.4) is 0 Å². The van der Waals surface area contributed by atoms with Crippen molar-refractivity contribution in [3.05, 3.63) is 172 Å². The molecule has 6 aromatic carbocycles. The van der Waals surface area contributed by atoms with E-state index in [1.807, 2.05) is 41.7 Å². The minimum Gasteiger partial charge on any atom is -0.489 e. The molecule has 3 aliphatic rings. The monoisotopic (exact) mass is 1790 g/mol. The maximum absolute atomic E-state index is 12.4. The summed E-state index contributed by atoms with van der Waals surface area (Å²) in [5, 5.41) is 72.9. The Morgan fingerprint density at radius 2 is 0.806 bits per heavy atom. The Morgan fingerprint density at radius 3 is 1.18 bits per heavy atom. The highest BCUT2D eigenvalue weighted by atomic mass is 35.5. The van der Waals surface area contributed by atoms with Gasteiger partial charge in [-0.25, -0.2) is 38.4 Å². The molecule has 0 spiro atoms. The molecule has 3 heterocycles. The van der Waals surface area contributed by atoms with Crippen LogP contribution >= 0.6 is 24.8 Å². The number of alkyl carbamates (subject to hydrolysis) is 5. The van der Waals surface area contributed by atoms with Gasteiger partial charge in [0.05, 0.1) is 39.2 Å². The van der Waals surface area contributed by atoms with E-state index in [0.717, 1.165) is 17.8 Å². The van der Waals surface area contributed by atoms with Crippen molar-refractivity contribution in [3.8, 4) is 28.7 Å². The summed E-state index contributed by atoms with van der Waals surface area (Å²) in [6.07, 6.45) is -3.89. The van der Waals surface area contributed by atoms with Crippen LogP contribution in [0.2, 0.25) is 0 Å². The van der Waals surface area contributed by atoms with Crippen LogP contribution in [0.4, 0.5) is 62.5 Å². The number of aliphatic hydroxyl groups is 1. The molecule has 6 aromatic rings. The maximum atomic E-state index is 12.4. The quantitative estimate of drug-likeness (QED) is 0.0175. The van der Waals surface area contributed by atoms with Gasteiger partial charge in [0.25, 0.3) is 11.8 Å². The lowest BCUT2D eigenvalue weighted by Gasteiger charge is -2.22. The highest BCUT2D eigenvalue weighted by Gasteiger charge is 2.33. The van der Waals surface area contributed by atoms with Crippen molar-refractivity contribution in [2.75, 3.05) is 68.0 Å².